The number of methoxy groups -OCH3 is 1. The van der Waals surface area contributed by atoms with Crippen LogP contribution in [0.1, 0.15) is 39.3 Å². The highest BCUT2D eigenvalue weighted by molar-refractivity contribution is 5.95. The standard InChI is InChI=1S/C29H35N7O3/c1-29(2,3)26-15-36(35-34-26)16-27(37)33-21-7-5-20(6-8-21)28-22-13-24(38-4)25(14-23(22)31-18-32-28)39-17-19-9-11-30-12-10-19/h5-8,13-15,18-19,30H,9-12,16-17H2,1-4H3,(H,33,37). The number of piperidine rings is 1. The largest absolute Gasteiger partial charge is 0.493 e. The number of benzene rings is 2. The van der Waals surface area contributed by atoms with E-state index in [-0.39, 0.29) is 17.9 Å². The number of hydrogen-bond acceptors (Lipinski definition) is 8. The van der Waals surface area contributed by atoms with Crippen molar-refractivity contribution in [3.63, 3.8) is 0 Å². The lowest BCUT2D eigenvalue weighted by molar-refractivity contribution is -0.116. The summed E-state index contributed by atoms with van der Waals surface area (Å²) in [6.45, 7) is 8.98. The fourth-order valence-corrected chi connectivity index (χ4v) is 4.60. The molecule has 1 amide bonds. The van der Waals surface area contributed by atoms with Gasteiger partial charge in [0.25, 0.3) is 0 Å². The summed E-state index contributed by atoms with van der Waals surface area (Å²) in [7, 11) is 1.64. The molecule has 3 heterocycles. The second-order valence-corrected chi connectivity index (χ2v) is 10.9. The van der Waals surface area contributed by atoms with Gasteiger partial charge in [-0.05, 0) is 50.0 Å². The van der Waals surface area contributed by atoms with E-state index in [1.807, 2.05) is 36.4 Å². The molecule has 2 aromatic carbocycles. The molecule has 4 aromatic rings. The van der Waals surface area contributed by atoms with Crippen LogP contribution < -0.4 is 20.1 Å². The van der Waals surface area contributed by atoms with Crippen LogP contribution in [0, 0.1) is 5.92 Å². The summed E-state index contributed by atoms with van der Waals surface area (Å²) in [5.41, 5.74) is 3.86. The van der Waals surface area contributed by atoms with Crippen LogP contribution in [0.2, 0.25) is 0 Å². The molecule has 0 atom stereocenters. The van der Waals surface area contributed by atoms with Crippen LogP contribution in [0.4, 0.5) is 5.69 Å². The van der Waals surface area contributed by atoms with Gasteiger partial charge in [0.2, 0.25) is 5.91 Å². The van der Waals surface area contributed by atoms with E-state index in [1.165, 1.54) is 0 Å². The molecular weight excluding hydrogens is 494 g/mol. The summed E-state index contributed by atoms with van der Waals surface area (Å²) < 4.78 is 13.4. The molecule has 2 N–H and O–H groups in total. The Bertz CT molecular complexity index is 1440. The van der Waals surface area contributed by atoms with Gasteiger partial charge in [-0.15, -0.1) is 5.10 Å². The zero-order valence-corrected chi connectivity index (χ0v) is 22.9. The highest BCUT2D eigenvalue weighted by atomic mass is 16.5. The van der Waals surface area contributed by atoms with Gasteiger partial charge in [-0.2, -0.15) is 0 Å². The number of anilines is 1. The van der Waals surface area contributed by atoms with E-state index in [0.717, 1.165) is 53.8 Å². The van der Waals surface area contributed by atoms with Crippen molar-refractivity contribution >= 4 is 22.5 Å². The number of carbonyl (C=O) groups is 1. The van der Waals surface area contributed by atoms with Crippen molar-refractivity contribution < 1.29 is 14.3 Å². The molecule has 1 aliphatic heterocycles. The van der Waals surface area contributed by atoms with Crippen molar-refractivity contribution in [1.82, 2.24) is 30.3 Å². The maximum Gasteiger partial charge on any atom is 0.246 e. The molecule has 1 saturated heterocycles. The number of amides is 1. The fraction of sp³-hybridized carbons (Fsp3) is 0.414. The fourth-order valence-electron chi connectivity index (χ4n) is 4.60. The molecule has 39 heavy (non-hydrogen) atoms. The molecule has 5 rings (SSSR count). The minimum atomic E-state index is -0.178. The van der Waals surface area contributed by atoms with Crippen molar-refractivity contribution in [2.45, 2.75) is 45.6 Å². The van der Waals surface area contributed by atoms with Gasteiger partial charge < -0.3 is 20.1 Å². The lowest BCUT2D eigenvalue weighted by Crippen LogP contribution is -2.30. The van der Waals surface area contributed by atoms with E-state index < -0.39 is 0 Å². The summed E-state index contributed by atoms with van der Waals surface area (Å²) in [5.74, 6) is 1.69. The lowest BCUT2D eigenvalue weighted by atomic mass is 9.93. The minimum Gasteiger partial charge on any atom is -0.493 e. The summed E-state index contributed by atoms with van der Waals surface area (Å²) in [5, 5.41) is 15.4. The molecule has 1 aliphatic rings. The Hall–Kier alpha value is -4.05. The maximum absolute atomic E-state index is 12.6. The third kappa shape index (κ3) is 6.34. The van der Waals surface area contributed by atoms with Crippen LogP contribution in [0.3, 0.4) is 0 Å². The molecule has 0 aliphatic carbocycles. The van der Waals surface area contributed by atoms with Gasteiger partial charge in [0.05, 0.1) is 30.6 Å². The van der Waals surface area contributed by atoms with Crippen molar-refractivity contribution in [2.24, 2.45) is 5.92 Å². The zero-order chi connectivity index (χ0) is 27.4. The van der Waals surface area contributed by atoms with Crippen molar-refractivity contribution in [3.05, 3.63) is 54.6 Å². The van der Waals surface area contributed by atoms with Gasteiger partial charge in [0.1, 0.15) is 12.9 Å². The number of aromatic nitrogens is 5. The molecule has 0 saturated carbocycles. The SMILES string of the molecule is COc1cc2c(-c3ccc(NC(=O)Cn4cc(C(C)(C)C)nn4)cc3)ncnc2cc1OCC1CCNCC1. The Labute approximate surface area is 228 Å². The normalized spacial score (nSPS) is 14.4. The molecule has 2 aromatic heterocycles. The highest BCUT2D eigenvalue weighted by Crippen LogP contribution is 2.36. The first-order valence-electron chi connectivity index (χ1n) is 13.3. The van der Waals surface area contributed by atoms with Gasteiger partial charge in [0, 0.05) is 34.3 Å². The average Bonchev–Trinajstić information content (AvgIpc) is 3.41. The van der Waals surface area contributed by atoms with Gasteiger partial charge in [-0.25, -0.2) is 14.6 Å². The molecular formula is C29H35N7O3. The molecule has 1 fully saturated rings. The molecule has 0 radical (unpaired) electrons. The van der Waals surface area contributed by atoms with Crippen LogP contribution in [-0.4, -0.2) is 57.7 Å². The number of nitrogens with zero attached hydrogens (tertiary/aromatic N) is 5. The number of carbonyl (C=O) groups excluding carboxylic acids is 1. The first-order chi connectivity index (χ1) is 18.8. The Kier molecular flexibility index (Phi) is 7.74. The first kappa shape index (κ1) is 26.6. The van der Waals surface area contributed by atoms with Crippen molar-refractivity contribution in [3.8, 4) is 22.8 Å². The lowest BCUT2D eigenvalue weighted by Gasteiger charge is -2.23. The minimum absolute atomic E-state index is 0.0865. The van der Waals surface area contributed by atoms with E-state index in [9.17, 15) is 4.79 Å². The monoisotopic (exact) mass is 529 g/mol. The topological polar surface area (TPSA) is 116 Å². The maximum atomic E-state index is 12.6. The number of nitrogens with one attached hydrogen (secondary N) is 2. The summed E-state index contributed by atoms with van der Waals surface area (Å²) in [6, 6.07) is 11.4. The van der Waals surface area contributed by atoms with E-state index in [0.29, 0.717) is 29.7 Å². The quantitative estimate of drug-likeness (QED) is 0.349. The summed E-state index contributed by atoms with van der Waals surface area (Å²) in [6.07, 6.45) is 5.58. The van der Waals surface area contributed by atoms with Crippen molar-refractivity contribution in [1.29, 1.82) is 0 Å². The predicted molar refractivity (Wildman–Crippen MR) is 150 cm³/mol. The molecule has 204 valence electrons. The van der Waals surface area contributed by atoms with Gasteiger partial charge in [0.15, 0.2) is 11.5 Å². The van der Waals surface area contributed by atoms with Gasteiger partial charge in [-0.1, -0.05) is 38.1 Å². The Balaban J connectivity index is 1.29. The van der Waals surface area contributed by atoms with Crippen LogP contribution >= 0.6 is 0 Å². The van der Waals surface area contributed by atoms with Crippen molar-refractivity contribution in [2.75, 3.05) is 32.1 Å². The molecule has 0 bridgehead atoms. The van der Waals surface area contributed by atoms with E-state index in [4.69, 9.17) is 9.47 Å². The second-order valence-electron chi connectivity index (χ2n) is 10.9. The van der Waals surface area contributed by atoms with Crippen LogP contribution in [0.5, 0.6) is 11.5 Å². The highest BCUT2D eigenvalue weighted by Gasteiger charge is 2.19. The Morgan fingerprint density at radius 1 is 1.10 bits per heavy atom. The van der Waals surface area contributed by atoms with E-state index >= 15 is 0 Å². The molecule has 10 heteroatoms. The average molecular weight is 530 g/mol. The Morgan fingerprint density at radius 3 is 2.56 bits per heavy atom. The van der Waals surface area contributed by atoms with Gasteiger partial charge in [-0.3, -0.25) is 4.79 Å². The number of hydrogen-bond donors (Lipinski definition) is 2. The van der Waals surface area contributed by atoms with Crippen LogP contribution in [-0.2, 0) is 16.8 Å². The molecule has 10 nitrogen and oxygen atoms in total. The second kappa shape index (κ2) is 11.4. The summed E-state index contributed by atoms with van der Waals surface area (Å²) >= 11 is 0. The molecule has 0 spiro atoms. The smallest absolute Gasteiger partial charge is 0.246 e. The third-order valence-electron chi connectivity index (χ3n) is 6.91. The van der Waals surface area contributed by atoms with Crippen LogP contribution in [0.25, 0.3) is 22.2 Å². The van der Waals surface area contributed by atoms with Gasteiger partial charge >= 0.3 is 0 Å². The molecule has 0 unspecified atom stereocenters. The number of ether oxygens (including phenoxy) is 2. The number of fused-ring (bicyclic) bond motifs is 1. The predicted octanol–water partition coefficient (Wildman–Crippen LogP) is 4.21. The number of rotatable bonds is 8. The zero-order valence-electron chi connectivity index (χ0n) is 22.9. The third-order valence-corrected chi connectivity index (χ3v) is 6.91. The Morgan fingerprint density at radius 2 is 1.87 bits per heavy atom. The van der Waals surface area contributed by atoms with Crippen LogP contribution in [0.15, 0.2) is 48.9 Å². The van der Waals surface area contributed by atoms with E-state index in [1.54, 1.807) is 24.3 Å². The first-order valence-corrected chi connectivity index (χ1v) is 13.3. The summed E-state index contributed by atoms with van der Waals surface area (Å²) in [4.78, 5) is 21.6. The van der Waals surface area contributed by atoms with E-state index in [2.05, 4.69) is 51.7 Å².